The third-order valence-electron chi connectivity index (χ3n) is 1.82. The molecule has 0 aliphatic rings. The van der Waals surface area contributed by atoms with Crippen molar-refractivity contribution in [2.75, 3.05) is 13.1 Å². The van der Waals surface area contributed by atoms with E-state index in [1.54, 1.807) is 0 Å². The maximum atomic E-state index is 5.36. The van der Waals surface area contributed by atoms with Crippen molar-refractivity contribution in [2.45, 2.75) is 26.4 Å². The standard InChI is InChI=1S/C9H18N4/c1-8(2)13-6-3-9(12-13)7-11-5-4-10/h3,6,8,11H,4-5,7,10H2,1-2H3. The lowest BCUT2D eigenvalue weighted by Crippen LogP contribution is -2.22. The molecule has 4 nitrogen and oxygen atoms in total. The SMILES string of the molecule is CC(C)n1ccc(CNCCN)n1. The summed E-state index contributed by atoms with van der Waals surface area (Å²) in [7, 11) is 0. The predicted octanol–water partition coefficient (Wildman–Crippen LogP) is 0.512. The van der Waals surface area contributed by atoms with E-state index in [2.05, 4.69) is 24.3 Å². The van der Waals surface area contributed by atoms with E-state index >= 15 is 0 Å². The van der Waals surface area contributed by atoms with Crippen molar-refractivity contribution in [3.8, 4) is 0 Å². The molecule has 1 rings (SSSR count). The highest BCUT2D eigenvalue weighted by molar-refractivity contribution is 4.98. The zero-order valence-corrected chi connectivity index (χ0v) is 8.33. The first kappa shape index (κ1) is 10.2. The average Bonchev–Trinajstić information content (AvgIpc) is 2.53. The molecule has 0 unspecified atom stereocenters. The van der Waals surface area contributed by atoms with Gasteiger partial charge in [0.15, 0.2) is 0 Å². The Morgan fingerprint density at radius 3 is 2.92 bits per heavy atom. The van der Waals surface area contributed by atoms with Crippen molar-refractivity contribution in [3.05, 3.63) is 18.0 Å². The van der Waals surface area contributed by atoms with E-state index in [-0.39, 0.29) is 0 Å². The Kier molecular flexibility index (Phi) is 3.92. The number of hydrogen-bond acceptors (Lipinski definition) is 3. The van der Waals surface area contributed by atoms with Crippen LogP contribution < -0.4 is 11.1 Å². The number of hydrogen-bond donors (Lipinski definition) is 2. The number of nitrogens with one attached hydrogen (secondary N) is 1. The fraction of sp³-hybridized carbons (Fsp3) is 0.667. The average molecular weight is 182 g/mol. The molecule has 0 aliphatic heterocycles. The first-order valence-corrected chi connectivity index (χ1v) is 4.69. The molecule has 4 heteroatoms. The van der Waals surface area contributed by atoms with Crippen LogP contribution in [-0.4, -0.2) is 22.9 Å². The van der Waals surface area contributed by atoms with Crippen LogP contribution in [-0.2, 0) is 6.54 Å². The molecule has 0 saturated carbocycles. The largest absolute Gasteiger partial charge is 0.329 e. The summed E-state index contributed by atoms with van der Waals surface area (Å²) < 4.78 is 1.96. The smallest absolute Gasteiger partial charge is 0.0762 e. The molecule has 0 atom stereocenters. The molecule has 0 spiro atoms. The van der Waals surface area contributed by atoms with Gasteiger partial charge < -0.3 is 11.1 Å². The summed E-state index contributed by atoms with van der Waals surface area (Å²) in [5, 5.41) is 7.60. The van der Waals surface area contributed by atoms with Gasteiger partial charge in [-0.1, -0.05) is 0 Å². The van der Waals surface area contributed by atoms with Gasteiger partial charge in [0.05, 0.1) is 5.69 Å². The Morgan fingerprint density at radius 2 is 2.38 bits per heavy atom. The quantitative estimate of drug-likeness (QED) is 0.652. The van der Waals surface area contributed by atoms with Crippen LogP contribution in [0, 0.1) is 0 Å². The summed E-state index contributed by atoms with van der Waals surface area (Å²) >= 11 is 0. The van der Waals surface area contributed by atoms with E-state index in [1.807, 2.05) is 16.9 Å². The van der Waals surface area contributed by atoms with Gasteiger partial charge in [0.1, 0.15) is 0 Å². The van der Waals surface area contributed by atoms with Crippen molar-refractivity contribution in [1.29, 1.82) is 0 Å². The van der Waals surface area contributed by atoms with Gasteiger partial charge in [0, 0.05) is 31.9 Å². The van der Waals surface area contributed by atoms with E-state index in [9.17, 15) is 0 Å². The minimum atomic E-state index is 0.434. The van der Waals surface area contributed by atoms with Crippen LogP contribution in [0.1, 0.15) is 25.6 Å². The number of nitrogens with two attached hydrogens (primary N) is 1. The minimum Gasteiger partial charge on any atom is -0.329 e. The lowest BCUT2D eigenvalue weighted by Gasteiger charge is -2.04. The maximum absolute atomic E-state index is 5.36. The molecule has 1 aromatic heterocycles. The zero-order valence-electron chi connectivity index (χ0n) is 8.33. The lowest BCUT2D eigenvalue weighted by atomic mass is 10.4. The van der Waals surface area contributed by atoms with E-state index < -0.39 is 0 Å². The van der Waals surface area contributed by atoms with Gasteiger partial charge in [-0.3, -0.25) is 4.68 Å². The lowest BCUT2D eigenvalue weighted by molar-refractivity contribution is 0.522. The molecule has 3 N–H and O–H groups in total. The molecule has 0 saturated heterocycles. The van der Waals surface area contributed by atoms with Crippen molar-refractivity contribution >= 4 is 0 Å². The monoisotopic (exact) mass is 182 g/mol. The Labute approximate surface area is 79.1 Å². The van der Waals surface area contributed by atoms with E-state index in [4.69, 9.17) is 5.73 Å². The maximum Gasteiger partial charge on any atom is 0.0762 e. The number of nitrogens with zero attached hydrogens (tertiary/aromatic N) is 2. The summed E-state index contributed by atoms with van der Waals surface area (Å²) in [5.74, 6) is 0. The van der Waals surface area contributed by atoms with Gasteiger partial charge >= 0.3 is 0 Å². The topological polar surface area (TPSA) is 55.9 Å². The van der Waals surface area contributed by atoms with Crippen LogP contribution in [0.3, 0.4) is 0 Å². The second-order valence-corrected chi connectivity index (χ2v) is 3.35. The normalized spacial score (nSPS) is 11.1. The number of rotatable bonds is 5. The van der Waals surface area contributed by atoms with Crippen LogP contribution >= 0.6 is 0 Å². The molecule has 74 valence electrons. The second-order valence-electron chi connectivity index (χ2n) is 3.35. The third kappa shape index (κ3) is 3.16. The molecular formula is C9H18N4. The minimum absolute atomic E-state index is 0.434. The van der Waals surface area contributed by atoms with Gasteiger partial charge in [-0.25, -0.2) is 0 Å². The van der Waals surface area contributed by atoms with Gasteiger partial charge in [0.25, 0.3) is 0 Å². The summed E-state index contributed by atoms with van der Waals surface area (Å²) in [4.78, 5) is 0. The van der Waals surface area contributed by atoms with Crippen molar-refractivity contribution < 1.29 is 0 Å². The van der Waals surface area contributed by atoms with Crippen molar-refractivity contribution in [2.24, 2.45) is 5.73 Å². The van der Waals surface area contributed by atoms with Crippen LogP contribution in [0.15, 0.2) is 12.3 Å². The molecule has 1 aromatic rings. The molecule has 13 heavy (non-hydrogen) atoms. The van der Waals surface area contributed by atoms with Crippen LogP contribution in [0.25, 0.3) is 0 Å². The van der Waals surface area contributed by atoms with Crippen LogP contribution in [0.2, 0.25) is 0 Å². The molecule has 0 fully saturated rings. The first-order chi connectivity index (χ1) is 6.24. The molecule has 0 radical (unpaired) electrons. The summed E-state index contributed by atoms with van der Waals surface area (Å²) in [6.07, 6.45) is 2.00. The Bertz CT molecular complexity index is 242. The zero-order chi connectivity index (χ0) is 9.68. The Morgan fingerprint density at radius 1 is 1.62 bits per heavy atom. The highest BCUT2D eigenvalue weighted by atomic mass is 15.3. The van der Waals surface area contributed by atoms with Gasteiger partial charge in [-0.05, 0) is 19.9 Å². The molecule has 0 aromatic carbocycles. The van der Waals surface area contributed by atoms with Gasteiger partial charge in [-0.2, -0.15) is 5.10 Å². The molecule has 0 aliphatic carbocycles. The third-order valence-corrected chi connectivity index (χ3v) is 1.82. The van der Waals surface area contributed by atoms with E-state index in [0.29, 0.717) is 12.6 Å². The highest BCUT2D eigenvalue weighted by Gasteiger charge is 2.00. The summed E-state index contributed by atoms with van der Waals surface area (Å²) in [5.41, 5.74) is 6.43. The molecular weight excluding hydrogens is 164 g/mol. The van der Waals surface area contributed by atoms with Gasteiger partial charge in [-0.15, -0.1) is 0 Å². The molecule has 0 amide bonds. The van der Waals surface area contributed by atoms with Crippen molar-refractivity contribution in [1.82, 2.24) is 15.1 Å². The fourth-order valence-electron chi connectivity index (χ4n) is 1.08. The van der Waals surface area contributed by atoms with Crippen LogP contribution in [0.5, 0.6) is 0 Å². The Balaban J connectivity index is 2.40. The molecule has 0 bridgehead atoms. The second kappa shape index (κ2) is 4.99. The van der Waals surface area contributed by atoms with Crippen molar-refractivity contribution in [3.63, 3.8) is 0 Å². The van der Waals surface area contributed by atoms with Crippen LogP contribution in [0.4, 0.5) is 0 Å². The number of aromatic nitrogens is 2. The predicted molar refractivity (Wildman–Crippen MR) is 53.4 cm³/mol. The Hall–Kier alpha value is -0.870. The summed E-state index contributed by atoms with van der Waals surface area (Å²) in [6.45, 7) is 6.55. The van der Waals surface area contributed by atoms with E-state index in [1.165, 1.54) is 0 Å². The van der Waals surface area contributed by atoms with Gasteiger partial charge in [0.2, 0.25) is 0 Å². The molecule has 1 heterocycles. The van der Waals surface area contributed by atoms with E-state index in [0.717, 1.165) is 18.8 Å². The highest BCUT2D eigenvalue weighted by Crippen LogP contribution is 2.03. The summed E-state index contributed by atoms with van der Waals surface area (Å²) in [6, 6.07) is 2.46. The fourth-order valence-corrected chi connectivity index (χ4v) is 1.08. The first-order valence-electron chi connectivity index (χ1n) is 4.69.